The van der Waals surface area contributed by atoms with E-state index in [-0.39, 0.29) is 0 Å². The summed E-state index contributed by atoms with van der Waals surface area (Å²) in [6.45, 7) is 1.89. The van der Waals surface area contributed by atoms with Gasteiger partial charge in [0.15, 0.2) is 0 Å². The van der Waals surface area contributed by atoms with Gasteiger partial charge in [-0.3, -0.25) is 4.79 Å². The van der Waals surface area contributed by atoms with E-state index in [0.29, 0.717) is 0 Å². The molecule has 0 saturated heterocycles. The van der Waals surface area contributed by atoms with E-state index in [2.05, 4.69) is 15.9 Å². The zero-order valence-electron chi connectivity index (χ0n) is 7.25. The van der Waals surface area contributed by atoms with Crippen LogP contribution in [-0.2, 0) is 4.79 Å². The number of nitrogens with two attached hydrogens (primary N) is 2. The number of carbonyl (C=O) groups is 1. The van der Waals surface area contributed by atoms with Gasteiger partial charge in [-0.25, -0.2) is 0 Å². The molecule has 3 nitrogen and oxygen atoms in total. The van der Waals surface area contributed by atoms with Crippen LogP contribution in [0.5, 0.6) is 0 Å². The number of amides is 1. The van der Waals surface area contributed by atoms with Crippen molar-refractivity contribution in [3.8, 4) is 0 Å². The van der Waals surface area contributed by atoms with Crippen molar-refractivity contribution < 1.29 is 4.79 Å². The molecular weight excluding hydrogens is 232 g/mol. The van der Waals surface area contributed by atoms with Gasteiger partial charge in [0.05, 0.1) is 0 Å². The third kappa shape index (κ3) is 2.29. The molecule has 1 amide bonds. The minimum Gasteiger partial charge on any atom is -0.368 e. The van der Waals surface area contributed by atoms with E-state index in [4.69, 9.17) is 11.5 Å². The molecule has 0 radical (unpaired) electrons. The molecule has 70 valence electrons. The zero-order valence-corrected chi connectivity index (χ0v) is 8.84. The Balaban J connectivity index is 3.12. The van der Waals surface area contributed by atoms with E-state index < -0.39 is 11.9 Å². The van der Waals surface area contributed by atoms with Gasteiger partial charge in [0, 0.05) is 4.47 Å². The molecule has 1 atom stereocenters. The second kappa shape index (κ2) is 3.89. The number of primary amides is 1. The normalized spacial score (nSPS) is 12.5. The minimum atomic E-state index is -0.725. The molecule has 0 aliphatic heterocycles. The van der Waals surface area contributed by atoms with Crippen LogP contribution in [0.25, 0.3) is 0 Å². The first-order valence-electron chi connectivity index (χ1n) is 3.83. The summed E-state index contributed by atoms with van der Waals surface area (Å²) < 4.78 is 0.893. The molecule has 1 unspecified atom stereocenters. The highest BCUT2D eigenvalue weighted by Crippen LogP contribution is 2.20. The van der Waals surface area contributed by atoms with Crippen LogP contribution >= 0.6 is 15.9 Å². The molecule has 0 aliphatic rings. The van der Waals surface area contributed by atoms with Crippen molar-refractivity contribution in [3.05, 3.63) is 33.8 Å². The van der Waals surface area contributed by atoms with Crippen LogP contribution in [0.1, 0.15) is 17.2 Å². The summed E-state index contributed by atoms with van der Waals surface area (Å²) in [6, 6.07) is 4.87. The molecule has 0 fully saturated rings. The molecule has 0 spiro atoms. The maximum absolute atomic E-state index is 10.8. The van der Waals surface area contributed by atoms with Crippen LogP contribution in [-0.4, -0.2) is 5.91 Å². The molecule has 0 aromatic heterocycles. The molecular formula is C9H11BrN2O. The number of halogens is 1. The van der Waals surface area contributed by atoms with Crippen molar-refractivity contribution in [1.29, 1.82) is 0 Å². The first-order valence-corrected chi connectivity index (χ1v) is 4.62. The van der Waals surface area contributed by atoms with Gasteiger partial charge in [0.2, 0.25) is 5.91 Å². The van der Waals surface area contributed by atoms with Crippen molar-refractivity contribution in [2.75, 3.05) is 0 Å². The highest BCUT2D eigenvalue weighted by atomic mass is 79.9. The van der Waals surface area contributed by atoms with Gasteiger partial charge in [-0.1, -0.05) is 22.0 Å². The Hall–Kier alpha value is -0.870. The first-order chi connectivity index (χ1) is 6.02. The predicted molar refractivity (Wildman–Crippen MR) is 55.0 cm³/mol. The fourth-order valence-electron chi connectivity index (χ4n) is 1.10. The van der Waals surface area contributed by atoms with E-state index in [1.54, 1.807) is 0 Å². The van der Waals surface area contributed by atoms with E-state index >= 15 is 0 Å². The van der Waals surface area contributed by atoms with Gasteiger partial charge in [-0.2, -0.15) is 0 Å². The van der Waals surface area contributed by atoms with Crippen molar-refractivity contribution in [1.82, 2.24) is 0 Å². The number of carbonyl (C=O) groups excluding carboxylic acids is 1. The Bertz CT molecular complexity index is 338. The molecule has 0 heterocycles. The Kier molecular flexibility index (Phi) is 3.06. The highest BCUT2D eigenvalue weighted by Gasteiger charge is 2.14. The van der Waals surface area contributed by atoms with Crippen LogP contribution < -0.4 is 11.5 Å². The maximum Gasteiger partial charge on any atom is 0.238 e. The number of hydrogen-bond donors (Lipinski definition) is 2. The molecule has 1 aromatic rings. The summed E-state index contributed by atoms with van der Waals surface area (Å²) in [5.41, 5.74) is 12.5. The summed E-state index contributed by atoms with van der Waals surface area (Å²) in [4.78, 5) is 10.8. The zero-order chi connectivity index (χ0) is 10.0. The van der Waals surface area contributed by atoms with Crippen LogP contribution in [0, 0.1) is 6.92 Å². The molecule has 0 bridgehead atoms. The van der Waals surface area contributed by atoms with Crippen LogP contribution in [0.15, 0.2) is 22.7 Å². The van der Waals surface area contributed by atoms with Gasteiger partial charge in [0.1, 0.15) is 6.04 Å². The highest BCUT2D eigenvalue weighted by molar-refractivity contribution is 9.10. The SMILES string of the molecule is Cc1ccc(Br)cc1C(N)C(N)=O. The Morgan fingerprint density at radius 2 is 2.15 bits per heavy atom. The fourth-order valence-corrected chi connectivity index (χ4v) is 1.48. The molecule has 1 aromatic carbocycles. The standard InChI is InChI=1S/C9H11BrN2O/c1-5-2-3-6(10)4-7(5)8(11)9(12)13/h2-4,8H,11H2,1H3,(H2,12,13). The molecule has 1 rings (SSSR count). The van der Waals surface area contributed by atoms with Crippen LogP contribution in [0.3, 0.4) is 0 Å². The lowest BCUT2D eigenvalue weighted by Gasteiger charge is -2.11. The Morgan fingerprint density at radius 1 is 1.54 bits per heavy atom. The second-order valence-corrected chi connectivity index (χ2v) is 3.80. The number of rotatable bonds is 2. The minimum absolute atomic E-state index is 0.513. The Labute approximate surface area is 85.2 Å². The smallest absolute Gasteiger partial charge is 0.238 e. The third-order valence-corrected chi connectivity index (χ3v) is 2.38. The number of aryl methyl sites for hydroxylation is 1. The molecule has 4 N–H and O–H groups in total. The number of hydrogen-bond acceptors (Lipinski definition) is 2. The fraction of sp³-hybridized carbons (Fsp3) is 0.222. The second-order valence-electron chi connectivity index (χ2n) is 2.88. The van der Waals surface area contributed by atoms with Gasteiger partial charge >= 0.3 is 0 Å². The van der Waals surface area contributed by atoms with E-state index in [1.807, 2.05) is 25.1 Å². The van der Waals surface area contributed by atoms with Crippen molar-refractivity contribution in [2.24, 2.45) is 11.5 Å². The molecule has 4 heteroatoms. The summed E-state index contributed by atoms with van der Waals surface area (Å²) in [5, 5.41) is 0. The topological polar surface area (TPSA) is 69.1 Å². The molecule has 13 heavy (non-hydrogen) atoms. The van der Waals surface area contributed by atoms with Gasteiger partial charge in [-0.05, 0) is 30.2 Å². The first kappa shape index (κ1) is 10.2. The van der Waals surface area contributed by atoms with Gasteiger partial charge in [-0.15, -0.1) is 0 Å². The van der Waals surface area contributed by atoms with E-state index in [0.717, 1.165) is 15.6 Å². The predicted octanol–water partition coefficient (Wildman–Crippen LogP) is 1.24. The van der Waals surface area contributed by atoms with E-state index in [1.165, 1.54) is 0 Å². The summed E-state index contributed by atoms with van der Waals surface area (Å²) in [5.74, 6) is -0.513. The lowest BCUT2D eigenvalue weighted by Crippen LogP contribution is -2.28. The summed E-state index contributed by atoms with van der Waals surface area (Å²) in [6.07, 6.45) is 0. The molecule has 0 saturated carbocycles. The van der Waals surface area contributed by atoms with Crippen molar-refractivity contribution in [3.63, 3.8) is 0 Å². The van der Waals surface area contributed by atoms with Crippen molar-refractivity contribution >= 4 is 21.8 Å². The average molecular weight is 243 g/mol. The van der Waals surface area contributed by atoms with Gasteiger partial charge in [0.25, 0.3) is 0 Å². The Morgan fingerprint density at radius 3 is 2.69 bits per heavy atom. The average Bonchev–Trinajstić information content (AvgIpc) is 2.08. The van der Waals surface area contributed by atoms with Crippen LogP contribution in [0.2, 0.25) is 0 Å². The number of benzene rings is 1. The quantitative estimate of drug-likeness (QED) is 0.820. The lowest BCUT2D eigenvalue weighted by molar-refractivity contribution is -0.119. The van der Waals surface area contributed by atoms with Gasteiger partial charge < -0.3 is 11.5 Å². The summed E-state index contributed by atoms with van der Waals surface area (Å²) in [7, 11) is 0. The van der Waals surface area contributed by atoms with Crippen LogP contribution in [0.4, 0.5) is 0 Å². The summed E-state index contributed by atoms with van der Waals surface area (Å²) >= 11 is 3.31. The monoisotopic (exact) mass is 242 g/mol. The van der Waals surface area contributed by atoms with Crippen molar-refractivity contribution in [2.45, 2.75) is 13.0 Å². The maximum atomic E-state index is 10.8. The van der Waals surface area contributed by atoms with E-state index in [9.17, 15) is 4.79 Å². The lowest BCUT2D eigenvalue weighted by atomic mass is 10.0. The molecule has 0 aliphatic carbocycles. The third-order valence-electron chi connectivity index (χ3n) is 1.88. The largest absolute Gasteiger partial charge is 0.368 e.